The lowest BCUT2D eigenvalue weighted by molar-refractivity contribution is -0.117. The van der Waals surface area contributed by atoms with Crippen LogP contribution < -0.4 is 0 Å². The molecule has 1 amide bonds. The minimum absolute atomic E-state index is 0.0172. The van der Waals surface area contributed by atoms with Crippen LogP contribution in [-0.4, -0.2) is 29.7 Å². The molecule has 0 aromatic heterocycles. The highest BCUT2D eigenvalue weighted by Gasteiger charge is 2.24. The Morgan fingerprint density at radius 2 is 2.19 bits per heavy atom. The Bertz CT molecular complexity index is 451. The van der Waals surface area contributed by atoms with Gasteiger partial charge in [-0.2, -0.15) is 0 Å². The molecule has 0 unspecified atom stereocenters. The van der Waals surface area contributed by atoms with Gasteiger partial charge in [-0.1, -0.05) is 17.7 Å². The van der Waals surface area contributed by atoms with E-state index in [0.29, 0.717) is 6.54 Å². The van der Waals surface area contributed by atoms with Gasteiger partial charge in [0.25, 0.3) is 5.91 Å². The number of fused-ring (bicyclic) bond motifs is 1. The third-order valence-electron chi connectivity index (χ3n) is 2.84. The summed E-state index contributed by atoms with van der Waals surface area (Å²) in [6.07, 6.45) is 0.843. The zero-order valence-electron chi connectivity index (χ0n) is 9.62. The summed E-state index contributed by atoms with van der Waals surface area (Å²) in [6, 6.07) is 5.85. The van der Waals surface area contributed by atoms with Crippen molar-refractivity contribution in [2.75, 3.05) is 13.1 Å². The molecule has 3 heteroatoms. The molecule has 0 saturated carbocycles. The van der Waals surface area contributed by atoms with Crippen LogP contribution in [0.2, 0.25) is 0 Å². The van der Waals surface area contributed by atoms with E-state index in [1.165, 1.54) is 12.5 Å². The van der Waals surface area contributed by atoms with E-state index < -0.39 is 0 Å². The van der Waals surface area contributed by atoms with E-state index in [4.69, 9.17) is 0 Å². The largest absolute Gasteiger partial charge is 0.331 e. The van der Waals surface area contributed by atoms with Gasteiger partial charge in [-0.05, 0) is 31.9 Å². The van der Waals surface area contributed by atoms with Crippen LogP contribution in [0.1, 0.15) is 28.4 Å². The average molecular weight is 217 g/mol. The number of hydrogen-bond donors (Lipinski definition) is 0. The third-order valence-corrected chi connectivity index (χ3v) is 2.84. The molecule has 16 heavy (non-hydrogen) atoms. The number of benzene rings is 1. The number of aryl methyl sites for hydroxylation is 1. The van der Waals surface area contributed by atoms with Gasteiger partial charge in [0.2, 0.25) is 0 Å². The summed E-state index contributed by atoms with van der Waals surface area (Å²) >= 11 is 0. The molecule has 1 aliphatic rings. The SMILES string of the molecule is CC(=O)CN1CCc2cc(C)ccc2C1=O. The standard InChI is InChI=1S/C13H15NO2/c1-9-3-4-12-11(7-9)5-6-14(13(12)16)8-10(2)15/h3-4,7H,5-6,8H2,1-2H3. The minimum atomic E-state index is -0.0172. The van der Waals surface area contributed by atoms with Gasteiger partial charge in [0, 0.05) is 12.1 Å². The molecule has 0 radical (unpaired) electrons. The Morgan fingerprint density at radius 1 is 1.44 bits per heavy atom. The lowest BCUT2D eigenvalue weighted by atomic mass is 9.97. The number of amides is 1. The Morgan fingerprint density at radius 3 is 2.88 bits per heavy atom. The second-order valence-corrected chi connectivity index (χ2v) is 4.34. The molecule has 1 aromatic rings. The van der Waals surface area contributed by atoms with Crippen LogP contribution in [0.3, 0.4) is 0 Å². The van der Waals surface area contributed by atoms with E-state index in [0.717, 1.165) is 17.5 Å². The topological polar surface area (TPSA) is 37.4 Å². The van der Waals surface area contributed by atoms with E-state index in [1.807, 2.05) is 19.1 Å². The zero-order valence-corrected chi connectivity index (χ0v) is 9.62. The van der Waals surface area contributed by atoms with Crippen molar-refractivity contribution < 1.29 is 9.59 Å². The van der Waals surface area contributed by atoms with Crippen molar-refractivity contribution in [2.45, 2.75) is 20.3 Å². The molecule has 0 N–H and O–H groups in total. The van der Waals surface area contributed by atoms with Crippen molar-refractivity contribution in [3.63, 3.8) is 0 Å². The predicted octanol–water partition coefficient (Wildman–Crippen LogP) is 1.58. The molecule has 0 fully saturated rings. The summed E-state index contributed by atoms with van der Waals surface area (Å²) in [4.78, 5) is 24.7. The molecule has 0 saturated heterocycles. The highest BCUT2D eigenvalue weighted by molar-refractivity contribution is 5.98. The van der Waals surface area contributed by atoms with Crippen molar-refractivity contribution in [1.29, 1.82) is 0 Å². The minimum Gasteiger partial charge on any atom is -0.331 e. The van der Waals surface area contributed by atoms with E-state index in [9.17, 15) is 9.59 Å². The van der Waals surface area contributed by atoms with Gasteiger partial charge < -0.3 is 4.90 Å². The Labute approximate surface area is 95.1 Å². The van der Waals surface area contributed by atoms with Crippen molar-refractivity contribution in [3.05, 3.63) is 34.9 Å². The zero-order chi connectivity index (χ0) is 11.7. The molecule has 0 bridgehead atoms. The monoisotopic (exact) mass is 217 g/mol. The summed E-state index contributed by atoms with van der Waals surface area (Å²) < 4.78 is 0. The normalized spacial score (nSPS) is 14.9. The summed E-state index contributed by atoms with van der Waals surface area (Å²) in [6.45, 7) is 4.41. The van der Waals surface area contributed by atoms with Crippen LogP contribution in [0, 0.1) is 6.92 Å². The molecule has 3 nitrogen and oxygen atoms in total. The highest BCUT2D eigenvalue weighted by Crippen LogP contribution is 2.19. The first-order chi connectivity index (χ1) is 7.58. The molecule has 1 aromatic carbocycles. The maximum absolute atomic E-state index is 12.0. The lowest BCUT2D eigenvalue weighted by Crippen LogP contribution is -2.40. The molecule has 0 atom stereocenters. The van der Waals surface area contributed by atoms with Gasteiger partial charge in [0.05, 0.1) is 6.54 Å². The number of Topliss-reactive ketones (excluding diaryl/α,β-unsaturated/α-hetero) is 1. The first-order valence-electron chi connectivity index (χ1n) is 5.46. The highest BCUT2D eigenvalue weighted by atomic mass is 16.2. The average Bonchev–Trinajstić information content (AvgIpc) is 2.22. The van der Waals surface area contributed by atoms with Crippen LogP contribution in [0.5, 0.6) is 0 Å². The molecular formula is C13H15NO2. The molecular weight excluding hydrogens is 202 g/mol. The van der Waals surface area contributed by atoms with Crippen molar-refractivity contribution in [1.82, 2.24) is 4.90 Å². The number of carbonyl (C=O) groups excluding carboxylic acids is 2. The second-order valence-electron chi connectivity index (χ2n) is 4.34. The van der Waals surface area contributed by atoms with Gasteiger partial charge in [0.15, 0.2) is 0 Å². The maximum atomic E-state index is 12.0. The summed E-state index contributed by atoms with van der Waals surface area (Å²) in [5, 5.41) is 0. The fourth-order valence-electron chi connectivity index (χ4n) is 2.08. The van der Waals surface area contributed by atoms with E-state index in [2.05, 4.69) is 6.07 Å². The van der Waals surface area contributed by atoms with Gasteiger partial charge in [0.1, 0.15) is 5.78 Å². The van der Waals surface area contributed by atoms with Gasteiger partial charge >= 0.3 is 0 Å². The number of carbonyl (C=O) groups is 2. The molecule has 0 aliphatic carbocycles. The molecule has 1 heterocycles. The summed E-state index contributed by atoms with van der Waals surface area (Å²) in [5.41, 5.74) is 3.02. The smallest absolute Gasteiger partial charge is 0.254 e. The van der Waals surface area contributed by atoms with E-state index >= 15 is 0 Å². The second kappa shape index (κ2) is 4.08. The molecule has 2 rings (SSSR count). The lowest BCUT2D eigenvalue weighted by Gasteiger charge is -2.27. The maximum Gasteiger partial charge on any atom is 0.254 e. The predicted molar refractivity (Wildman–Crippen MR) is 61.5 cm³/mol. The van der Waals surface area contributed by atoms with Crippen LogP contribution in [0.15, 0.2) is 18.2 Å². The quantitative estimate of drug-likeness (QED) is 0.754. The number of ketones is 1. The van der Waals surface area contributed by atoms with Crippen molar-refractivity contribution >= 4 is 11.7 Å². The van der Waals surface area contributed by atoms with Gasteiger partial charge in [-0.3, -0.25) is 9.59 Å². The van der Waals surface area contributed by atoms with E-state index in [1.54, 1.807) is 4.90 Å². The first-order valence-corrected chi connectivity index (χ1v) is 5.46. The molecule has 0 spiro atoms. The summed E-state index contributed by atoms with van der Waals surface area (Å²) in [5.74, 6) is 0.0142. The Hall–Kier alpha value is -1.64. The fourth-order valence-corrected chi connectivity index (χ4v) is 2.08. The summed E-state index contributed by atoms with van der Waals surface area (Å²) in [7, 11) is 0. The van der Waals surface area contributed by atoms with Crippen LogP contribution in [0.25, 0.3) is 0 Å². The number of rotatable bonds is 2. The Kier molecular flexibility index (Phi) is 2.77. The van der Waals surface area contributed by atoms with Gasteiger partial charge in [-0.25, -0.2) is 0 Å². The fraction of sp³-hybridized carbons (Fsp3) is 0.385. The molecule has 84 valence electrons. The van der Waals surface area contributed by atoms with Gasteiger partial charge in [-0.15, -0.1) is 0 Å². The van der Waals surface area contributed by atoms with Crippen molar-refractivity contribution in [3.8, 4) is 0 Å². The van der Waals surface area contributed by atoms with Crippen LogP contribution in [0.4, 0.5) is 0 Å². The van der Waals surface area contributed by atoms with Crippen molar-refractivity contribution in [2.24, 2.45) is 0 Å². The van der Waals surface area contributed by atoms with E-state index in [-0.39, 0.29) is 18.2 Å². The first kappa shape index (κ1) is 10.9. The van der Waals surface area contributed by atoms with Crippen LogP contribution >= 0.6 is 0 Å². The van der Waals surface area contributed by atoms with Crippen LogP contribution in [-0.2, 0) is 11.2 Å². The number of hydrogen-bond acceptors (Lipinski definition) is 2. The number of nitrogens with zero attached hydrogens (tertiary/aromatic N) is 1. The Balaban J connectivity index is 2.29. The third kappa shape index (κ3) is 1.98. The molecule has 1 aliphatic heterocycles.